The Morgan fingerprint density at radius 1 is 1.26 bits per heavy atom. The van der Waals surface area contributed by atoms with Crippen LogP contribution >= 0.6 is 11.3 Å². The summed E-state index contributed by atoms with van der Waals surface area (Å²) in [5.74, 6) is 2.10. The van der Waals surface area contributed by atoms with Crippen LogP contribution in [0.1, 0.15) is 36.5 Å². The van der Waals surface area contributed by atoms with Crippen LogP contribution in [0, 0.1) is 12.8 Å². The lowest BCUT2D eigenvalue weighted by Gasteiger charge is -2.15. The van der Waals surface area contributed by atoms with Gasteiger partial charge in [0.05, 0.1) is 18.1 Å². The highest BCUT2D eigenvalue weighted by molar-refractivity contribution is 7.19. The second-order valence-electron chi connectivity index (χ2n) is 6.62. The molecule has 0 aromatic carbocycles. The summed E-state index contributed by atoms with van der Waals surface area (Å²) in [6.45, 7) is 7.57. The van der Waals surface area contributed by atoms with Crippen molar-refractivity contribution in [1.29, 1.82) is 0 Å². The van der Waals surface area contributed by atoms with Crippen molar-refractivity contribution < 1.29 is 9.84 Å². The molecule has 0 saturated carbocycles. The molecular weight excluding hydrogens is 310 g/mol. The van der Waals surface area contributed by atoms with Gasteiger partial charge in [0.25, 0.3) is 0 Å². The molecule has 0 amide bonds. The number of aryl methyl sites for hydroxylation is 3. The molecule has 23 heavy (non-hydrogen) atoms. The number of aliphatic hydroxyl groups excluding tert-OH is 1. The number of hydrogen-bond acceptors (Lipinski definition) is 6. The van der Waals surface area contributed by atoms with Gasteiger partial charge in [-0.3, -0.25) is 0 Å². The number of aliphatic hydroxyl groups is 1. The largest absolute Gasteiger partial charge is 0.389 e. The van der Waals surface area contributed by atoms with Gasteiger partial charge in [-0.25, -0.2) is 9.97 Å². The maximum atomic E-state index is 10.1. The molecule has 0 saturated heterocycles. The maximum Gasteiger partial charge on any atom is 0.138 e. The van der Waals surface area contributed by atoms with E-state index in [0.717, 1.165) is 34.7 Å². The average molecular weight is 335 g/mol. The molecule has 2 aromatic rings. The number of hydrogen-bond donors (Lipinski definition) is 2. The van der Waals surface area contributed by atoms with Crippen LogP contribution in [0.4, 0.5) is 5.82 Å². The van der Waals surface area contributed by atoms with Gasteiger partial charge in [-0.2, -0.15) is 0 Å². The predicted octanol–water partition coefficient (Wildman–Crippen LogP) is 2.93. The van der Waals surface area contributed by atoms with E-state index in [9.17, 15) is 5.11 Å². The Morgan fingerprint density at radius 3 is 2.87 bits per heavy atom. The summed E-state index contributed by atoms with van der Waals surface area (Å²) in [5, 5.41) is 14.5. The van der Waals surface area contributed by atoms with Crippen LogP contribution in [-0.4, -0.2) is 40.9 Å². The highest BCUT2D eigenvalue weighted by atomic mass is 32.1. The number of aromatic nitrogens is 2. The predicted molar refractivity (Wildman–Crippen MR) is 94.3 cm³/mol. The van der Waals surface area contributed by atoms with Crippen LogP contribution in [0.15, 0.2) is 0 Å². The molecule has 2 heterocycles. The minimum Gasteiger partial charge on any atom is -0.389 e. The van der Waals surface area contributed by atoms with Crippen molar-refractivity contribution in [1.82, 2.24) is 9.97 Å². The van der Waals surface area contributed by atoms with Crippen molar-refractivity contribution in [2.75, 3.05) is 25.1 Å². The van der Waals surface area contributed by atoms with Crippen LogP contribution in [0.25, 0.3) is 10.2 Å². The van der Waals surface area contributed by atoms with Gasteiger partial charge in [0.15, 0.2) is 0 Å². The normalized spacial score (nSPS) is 15.3. The first-order valence-corrected chi connectivity index (χ1v) is 9.14. The van der Waals surface area contributed by atoms with Gasteiger partial charge in [0, 0.05) is 18.0 Å². The van der Waals surface area contributed by atoms with Crippen molar-refractivity contribution in [2.24, 2.45) is 5.92 Å². The van der Waals surface area contributed by atoms with E-state index in [1.807, 2.05) is 6.92 Å². The van der Waals surface area contributed by atoms with E-state index in [1.165, 1.54) is 16.9 Å². The first-order chi connectivity index (χ1) is 11.0. The Balaban J connectivity index is 1.70. The third kappa shape index (κ3) is 3.82. The minimum absolute atomic E-state index is 0.347. The molecule has 1 aliphatic carbocycles. The summed E-state index contributed by atoms with van der Waals surface area (Å²) in [5.41, 5.74) is 1.40. The fourth-order valence-corrected chi connectivity index (χ4v) is 4.25. The molecule has 1 aliphatic rings. The number of thiophene rings is 1. The van der Waals surface area contributed by atoms with E-state index >= 15 is 0 Å². The highest BCUT2D eigenvalue weighted by Crippen LogP contribution is 2.39. The molecule has 0 unspecified atom stereocenters. The van der Waals surface area contributed by atoms with Gasteiger partial charge in [0.2, 0.25) is 0 Å². The Kier molecular flexibility index (Phi) is 5.14. The summed E-state index contributed by atoms with van der Waals surface area (Å²) < 4.78 is 5.49. The Bertz CT molecular complexity index is 684. The van der Waals surface area contributed by atoms with Gasteiger partial charge in [-0.05, 0) is 37.7 Å². The van der Waals surface area contributed by atoms with Crippen LogP contribution in [0.5, 0.6) is 0 Å². The zero-order valence-electron chi connectivity index (χ0n) is 14.1. The maximum absolute atomic E-state index is 10.1. The van der Waals surface area contributed by atoms with Crippen LogP contribution < -0.4 is 5.32 Å². The standard InChI is InChI=1S/C17H25N3O2S/c1-10(2)8-22-9-12(21)7-18-16-15-13-5-4-6-14(13)23-17(15)20-11(3)19-16/h10,12,21H,4-9H2,1-3H3,(H,18,19,20)/t12-/m1/s1. The van der Waals surface area contributed by atoms with Crippen molar-refractivity contribution >= 4 is 27.4 Å². The summed E-state index contributed by atoms with van der Waals surface area (Å²) >= 11 is 1.79. The van der Waals surface area contributed by atoms with Gasteiger partial charge < -0.3 is 15.2 Å². The summed E-state index contributed by atoms with van der Waals surface area (Å²) in [7, 11) is 0. The average Bonchev–Trinajstić information content (AvgIpc) is 3.04. The Labute approximate surface area is 141 Å². The number of rotatable bonds is 7. The Morgan fingerprint density at radius 2 is 2.09 bits per heavy atom. The fourth-order valence-electron chi connectivity index (χ4n) is 2.94. The van der Waals surface area contributed by atoms with Gasteiger partial charge in [-0.15, -0.1) is 11.3 Å². The van der Waals surface area contributed by atoms with E-state index in [1.54, 1.807) is 11.3 Å². The molecule has 0 aliphatic heterocycles. The van der Waals surface area contributed by atoms with Crippen molar-refractivity contribution in [3.8, 4) is 0 Å². The van der Waals surface area contributed by atoms with Crippen LogP contribution in [-0.2, 0) is 17.6 Å². The van der Waals surface area contributed by atoms with E-state index in [4.69, 9.17) is 4.74 Å². The number of fused-ring (bicyclic) bond motifs is 3. The molecule has 0 spiro atoms. The summed E-state index contributed by atoms with van der Waals surface area (Å²) in [6.07, 6.45) is 2.94. The van der Waals surface area contributed by atoms with Gasteiger partial charge in [0.1, 0.15) is 16.5 Å². The molecule has 0 bridgehead atoms. The SMILES string of the molecule is Cc1nc(NC[C@@H](O)COCC(C)C)c2c3c(sc2n1)CCC3. The number of anilines is 1. The molecule has 3 rings (SSSR count). The van der Waals surface area contributed by atoms with Crippen LogP contribution in [0.2, 0.25) is 0 Å². The summed E-state index contributed by atoms with van der Waals surface area (Å²) in [4.78, 5) is 11.7. The third-order valence-electron chi connectivity index (χ3n) is 3.94. The van der Waals surface area contributed by atoms with Crippen molar-refractivity contribution in [3.05, 3.63) is 16.3 Å². The zero-order valence-corrected chi connectivity index (χ0v) is 14.9. The highest BCUT2D eigenvalue weighted by Gasteiger charge is 2.22. The number of nitrogens with zero attached hydrogens (tertiary/aromatic N) is 2. The molecule has 2 aromatic heterocycles. The number of ether oxygens (including phenoxy) is 1. The van der Waals surface area contributed by atoms with Crippen molar-refractivity contribution in [3.63, 3.8) is 0 Å². The molecule has 5 nitrogen and oxygen atoms in total. The second kappa shape index (κ2) is 7.11. The monoisotopic (exact) mass is 335 g/mol. The molecule has 6 heteroatoms. The lowest BCUT2D eigenvalue weighted by atomic mass is 10.2. The lowest BCUT2D eigenvalue weighted by molar-refractivity contribution is 0.0317. The van der Waals surface area contributed by atoms with E-state index < -0.39 is 6.10 Å². The zero-order chi connectivity index (χ0) is 16.4. The van der Waals surface area contributed by atoms with E-state index in [2.05, 4.69) is 29.1 Å². The van der Waals surface area contributed by atoms with E-state index in [-0.39, 0.29) is 0 Å². The first-order valence-electron chi connectivity index (χ1n) is 8.33. The smallest absolute Gasteiger partial charge is 0.138 e. The molecule has 126 valence electrons. The molecule has 0 radical (unpaired) electrons. The molecule has 0 fully saturated rings. The Hall–Kier alpha value is -1.24. The number of nitrogens with one attached hydrogen (secondary N) is 1. The molecule has 2 N–H and O–H groups in total. The van der Waals surface area contributed by atoms with Crippen molar-refractivity contribution in [2.45, 2.75) is 46.1 Å². The van der Waals surface area contributed by atoms with Crippen LogP contribution in [0.3, 0.4) is 0 Å². The topological polar surface area (TPSA) is 67.3 Å². The van der Waals surface area contributed by atoms with Gasteiger partial charge >= 0.3 is 0 Å². The van der Waals surface area contributed by atoms with E-state index in [0.29, 0.717) is 25.7 Å². The third-order valence-corrected chi connectivity index (χ3v) is 5.13. The first kappa shape index (κ1) is 16.6. The molecule has 1 atom stereocenters. The summed E-state index contributed by atoms with van der Waals surface area (Å²) in [6, 6.07) is 0. The fraction of sp³-hybridized carbons (Fsp3) is 0.647. The lowest BCUT2D eigenvalue weighted by Crippen LogP contribution is -2.26. The quantitative estimate of drug-likeness (QED) is 0.814. The van der Waals surface area contributed by atoms with Gasteiger partial charge in [-0.1, -0.05) is 13.8 Å². The minimum atomic E-state index is -0.536. The second-order valence-corrected chi connectivity index (χ2v) is 7.71. The molecular formula is C17H25N3O2S.